The second kappa shape index (κ2) is 6.79. The Morgan fingerprint density at radius 3 is 2.40 bits per heavy atom. The molecule has 1 unspecified atom stereocenters. The number of hydrogen-bond acceptors (Lipinski definition) is 3. The summed E-state index contributed by atoms with van der Waals surface area (Å²) in [7, 11) is 0. The number of nitrogens with zero attached hydrogens (tertiary/aromatic N) is 1. The van der Waals surface area contributed by atoms with Gasteiger partial charge in [-0.3, -0.25) is 14.8 Å². The van der Waals surface area contributed by atoms with Crippen molar-refractivity contribution in [3.63, 3.8) is 0 Å². The zero-order valence-electron chi connectivity index (χ0n) is 15.2. The van der Waals surface area contributed by atoms with Gasteiger partial charge in [0.25, 0.3) is 0 Å². The van der Waals surface area contributed by atoms with Crippen LogP contribution < -0.4 is 5.48 Å². The Balaban J connectivity index is 1.90. The maximum absolute atomic E-state index is 13.4. The molecule has 0 radical (unpaired) electrons. The lowest BCUT2D eigenvalue weighted by Crippen LogP contribution is -2.54. The molecule has 1 saturated heterocycles. The van der Waals surface area contributed by atoms with E-state index in [1.165, 1.54) is 5.56 Å². The number of benzene rings is 1. The Hall–Kier alpha value is -1.88. The Kier molecular flexibility index (Phi) is 4.87. The summed E-state index contributed by atoms with van der Waals surface area (Å²) < 4.78 is 0. The van der Waals surface area contributed by atoms with Crippen LogP contribution in [-0.4, -0.2) is 34.0 Å². The van der Waals surface area contributed by atoms with E-state index in [1.54, 1.807) is 5.48 Å². The highest BCUT2D eigenvalue weighted by atomic mass is 16.5. The molecule has 5 heteroatoms. The van der Waals surface area contributed by atoms with Gasteiger partial charge < -0.3 is 4.90 Å². The predicted molar refractivity (Wildman–Crippen MR) is 95.2 cm³/mol. The van der Waals surface area contributed by atoms with Gasteiger partial charge in [0, 0.05) is 6.54 Å². The molecule has 0 bridgehead atoms. The summed E-state index contributed by atoms with van der Waals surface area (Å²) in [5.41, 5.74) is 2.99. The van der Waals surface area contributed by atoms with Crippen LogP contribution in [0.15, 0.2) is 24.3 Å². The lowest BCUT2D eigenvalue weighted by Gasteiger charge is -2.45. The van der Waals surface area contributed by atoms with E-state index in [1.807, 2.05) is 43.0 Å². The van der Waals surface area contributed by atoms with E-state index in [0.29, 0.717) is 6.54 Å². The SMILES string of the molecule is Cc1ccc(C2(C)CCN(C3(CC(=O)NO)CCCCC3)C2=O)cc1. The van der Waals surface area contributed by atoms with Gasteiger partial charge in [0.15, 0.2) is 0 Å². The number of aryl methyl sites for hydroxylation is 1. The Labute approximate surface area is 149 Å². The molecule has 1 aliphatic heterocycles. The standard InChI is InChI=1S/C20H28N2O3/c1-15-6-8-16(9-7-15)19(2)12-13-22(18(19)24)20(14-17(23)21-25)10-4-3-5-11-20/h6-9,25H,3-5,10-14H2,1-2H3,(H,21,23). The molecule has 0 spiro atoms. The first-order valence-electron chi connectivity index (χ1n) is 9.23. The monoisotopic (exact) mass is 344 g/mol. The van der Waals surface area contributed by atoms with Crippen LogP contribution in [-0.2, 0) is 15.0 Å². The molecule has 3 rings (SSSR count). The first-order valence-corrected chi connectivity index (χ1v) is 9.23. The molecular weight excluding hydrogens is 316 g/mol. The number of amides is 2. The van der Waals surface area contributed by atoms with Gasteiger partial charge in [-0.25, -0.2) is 5.48 Å². The average Bonchev–Trinajstić information content (AvgIpc) is 2.93. The lowest BCUT2D eigenvalue weighted by molar-refractivity contribution is -0.143. The molecule has 1 aromatic carbocycles. The number of nitrogens with one attached hydrogen (secondary N) is 1. The van der Waals surface area contributed by atoms with Crippen molar-refractivity contribution >= 4 is 11.8 Å². The normalized spacial score (nSPS) is 25.9. The second-order valence-corrected chi connectivity index (χ2v) is 7.90. The summed E-state index contributed by atoms with van der Waals surface area (Å²) in [4.78, 5) is 27.3. The van der Waals surface area contributed by atoms with Crippen molar-refractivity contribution in [2.45, 2.75) is 69.7 Å². The van der Waals surface area contributed by atoms with Crippen molar-refractivity contribution in [3.05, 3.63) is 35.4 Å². The van der Waals surface area contributed by atoms with Crippen LogP contribution in [0.5, 0.6) is 0 Å². The average molecular weight is 344 g/mol. The van der Waals surface area contributed by atoms with E-state index in [-0.39, 0.29) is 12.3 Å². The van der Waals surface area contributed by atoms with Crippen LogP contribution >= 0.6 is 0 Å². The van der Waals surface area contributed by atoms with Crippen LogP contribution in [0.4, 0.5) is 0 Å². The van der Waals surface area contributed by atoms with Crippen molar-refractivity contribution < 1.29 is 14.8 Å². The van der Waals surface area contributed by atoms with Crippen LogP contribution in [0.1, 0.15) is 63.0 Å². The fourth-order valence-corrected chi connectivity index (χ4v) is 4.57. The molecule has 25 heavy (non-hydrogen) atoms. The first kappa shape index (κ1) is 17.9. The summed E-state index contributed by atoms with van der Waals surface area (Å²) in [5, 5.41) is 8.99. The molecule has 136 valence electrons. The third-order valence-electron chi connectivity index (χ3n) is 6.21. The smallest absolute Gasteiger partial charge is 0.245 e. The van der Waals surface area contributed by atoms with Crippen LogP contribution in [0.25, 0.3) is 0 Å². The molecule has 1 aliphatic carbocycles. The van der Waals surface area contributed by atoms with Gasteiger partial charge in [0.05, 0.1) is 17.4 Å². The van der Waals surface area contributed by atoms with Gasteiger partial charge in [-0.15, -0.1) is 0 Å². The summed E-state index contributed by atoms with van der Waals surface area (Å²) in [6.07, 6.45) is 5.77. The molecule has 2 amide bonds. The molecule has 2 aliphatic rings. The molecule has 2 N–H and O–H groups in total. The minimum atomic E-state index is -0.534. The van der Waals surface area contributed by atoms with Crippen LogP contribution in [0.3, 0.4) is 0 Å². The van der Waals surface area contributed by atoms with E-state index in [0.717, 1.165) is 44.1 Å². The number of carbonyl (C=O) groups excluding carboxylic acids is 2. The molecule has 0 aromatic heterocycles. The highest BCUT2D eigenvalue weighted by Crippen LogP contribution is 2.44. The van der Waals surface area contributed by atoms with E-state index in [2.05, 4.69) is 0 Å². The minimum Gasteiger partial charge on any atom is -0.336 e. The second-order valence-electron chi connectivity index (χ2n) is 7.90. The number of rotatable bonds is 4. The maximum Gasteiger partial charge on any atom is 0.245 e. The highest BCUT2D eigenvalue weighted by Gasteiger charge is 2.52. The fraction of sp³-hybridized carbons (Fsp3) is 0.600. The molecule has 1 saturated carbocycles. The summed E-state index contributed by atoms with van der Waals surface area (Å²) in [5.74, 6) is -0.289. The van der Waals surface area contributed by atoms with Crippen molar-refractivity contribution in [1.29, 1.82) is 0 Å². The number of hydroxylamine groups is 1. The van der Waals surface area contributed by atoms with Gasteiger partial charge in [0.2, 0.25) is 11.8 Å². The largest absolute Gasteiger partial charge is 0.336 e. The number of carbonyl (C=O) groups is 2. The van der Waals surface area contributed by atoms with Gasteiger partial charge in [-0.1, -0.05) is 49.1 Å². The van der Waals surface area contributed by atoms with E-state index in [4.69, 9.17) is 5.21 Å². The quantitative estimate of drug-likeness (QED) is 0.651. The van der Waals surface area contributed by atoms with Crippen LogP contribution in [0, 0.1) is 6.92 Å². The lowest BCUT2D eigenvalue weighted by atomic mass is 9.76. The van der Waals surface area contributed by atoms with Crippen LogP contribution in [0.2, 0.25) is 0 Å². The van der Waals surface area contributed by atoms with Gasteiger partial charge in [0.1, 0.15) is 0 Å². The van der Waals surface area contributed by atoms with Gasteiger partial charge in [-0.05, 0) is 38.7 Å². The van der Waals surface area contributed by atoms with Gasteiger partial charge in [-0.2, -0.15) is 0 Å². The van der Waals surface area contributed by atoms with Crippen molar-refractivity contribution in [1.82, 2.24) is 10.4 Å². The highest BCUT2D eigenvalue weighted by molar-refractivity contribution is 5.91. The van der Waals surface area contributed by atoms with Crippen molar-refractivity contribution in [3.8, 4) is 0 Å². The van der Waals surface area contributed by atoms with E-state index >= 15 is 0 Å². The zero-order valence-corrected chi connectivity index (χ0v) is 15.2. The topological polar surface area (TPSA) is 69.6 Å². The third kappa shape index (κ3) is 3.17. The molecule has 5 nitrogen and oxygen atoms in total. The van der Waals surface area contributed by atoms with E-state index < -0.39 is 16.9 Å². The Bertz CT molecular complexity index is 649. The zero-order chi connectivity index (χ0) is 18.1. The van der Waals surface area contributed by atoms with Crippen molar-refractivity contribution in [2.75, 3.05) is 6.54 Å². The fourth-order valence-electron chi connectivity index (χ4n) is 4.57. The molecule has 2 fully saturated rings. The maximum atomic E-state index is 13.4. The summed E-state index contributed by atoms with van der Waals surface area (Å²) in [6.45, 7) is 4.73. The molecule has 1 atom stereocenters. The summed E-state index contributed by atoms with van der Waals surface area (Å²) in [6, 6.07) is 8.19. The van der Waals surface area contributed by atoms with Gasteiger partial charge >= 0.3 is 0 Å². The Morgan fingerprint density at radius 2 is 1.80 bits per heavy atom. The predicted octanol–water partition coefficient (Wildman–Crippen LogP) is 3.08. The van der Waals surface area contributed by atoms with Crippen molar-refractivity contribution in [2.24, 2.45) is 0 Å². The Morgan fingerprint density at radius 1 is 1.16 bits per heavy atom. The third-order valence-corrected chi connectivity index (χ3v) is 6.21. The number of hydrogen-bond donors (Lipinski definition) is 2. The first-order chi connectivity index (χ1) is 11.9. The number of likely N-dealkylation sites (tertiary alicyclic amines) is 1. The molecule has 1 heterocycles. The molecular formula is C20H28N2O3. The minimum absolute atomic E-state index is 0.115. The van der Waals surface area contributed by atoms with E-state index in [9.17, 15) is 9.59 Å². The molecule has 1 aromatic rings. The summed E-state index contributed by atoms with van der Waals surface area (Å²) >= 11 is 0.